The maximum absolute atomic E-state index is 8.77. The zero-order chi connectivity index (χ0) is 11.6. The van der Waals surface area contributed by atoms with Crippen LogP contribution in [0, 0.1) is 16.7 Å². The van der Waals surface area contributed by atoms with Crippen molar-refractivity contribution in [1.29, 1.82) is 5.26 Å². The number of nitriles is 1. The molecule has 0 fully saturated rings. The molecule has 0 radical (unpaired) electrons. The molecule has 15 heavy (non-hydrogen) atoms. The number of hydrogen-bond donors (Lipinski definition) is 2. The predicted octanol–water partition coefficient (Wildman–Crippen LogP) is 0.915. The molecule has 2 N–H and O–H groups in total. The fourth-order valence-electron chi connectivity index (χ4n) is 1.05. The molecule has 0 saturated heterocycles. The minimum absolute atomic E-state index is 0.0871. The Morgan fingerprint density at radius 2 is 2.07 bits per heavy atom. The fourth-order valence-corrected chi connectivity index (χ4v) is 1.05. The first-order valence-electron chi connectivity index (χ1n) is 5.43. The van der Waals surface area contributed by atoms with Crippen LogP contribution in [-0.2, 0) is 4.74 Å². The van der Waals surface area contributed by atoms with Crippen molar-refractivity contribution in [2.45, 2.75) is 26.7 Å². The van der Waals surface area contributed by atoms with Gasteiger partial charge in [-0.1, -0.05) is 0 Å². The van der Waals surface area contributed by atoms with Crippen molar-refractivity contribution in [3.63, 3.8) is 0 Å². The minimum atomic E-state index is -0.236. The summed E-state index contributed by atoms with van der Waals surface area (Å²) >= 11 is 0. The topological polar surface area (TPSA) is 65.3 Å². The summed E-state index contributed by atoms with van der Waals surface area (Å²) in [5, 5.41) is 20.5. The lowest BCUT2D eigenvalue weighted by atomic mass is 9.91. The number of nitrogens with zero attached hydrogens (tertiary/aromatic N) is 1. The highest BCUT2D eigenvalue weighted by atomic mass is 16.5. The molecule has 4 nitrogen and oxygen atoms in total. The lowest BCUT2D eigenvalue weighted by Gasteiger charge is -2.14. The second kappa shape index (κ2) is 8.66. The van der Waals surface area contributed by atoms with Crippen molar-refractivity contribution in [2.24, 2.45) is 5.41 Å². The predicted molar refractivity (Wildman–Crippen MR) is 59.4 cm³/mol. The van der Waals surface area contributed by atoms with Gasteiger partial charge in [0, 0.05) is 6.61 Å². The monoisotopic (exact) mass is 214 g/mol. The Morgan fingerprint density at radius 3 is 2.67 bits per heavy atom. The maximum atomic E-state index is 8.77. The largest absolute Gasteiger partial charge is 0.394 e. The second-order valence-corrected chi connectivity index (χ2v) is 4.19. The summed E-state index contributed by atoms with van der Waals surface area (Å²) in [6.45, 7) is 6.83. The van der Waals surface area contributed by atoms with E-state index in [4.69, 9.17) is 15.1 Å². The Labute approximate surface area is 92.2 Å². The quantitative estimate of drug-likeness (QED) is 0.560. The Morgan fingerprint density at radius 1 is 1.33 bits per heavy atom. The lowest BCUT2D eigenvalue weighted by molar-refractivity contribution is 0.0907. The Bertz CT molecular complexity index is 188. The van der Waals surface area contributed by atoms with Gasteiger partial charge in [-0.05, 0) is 39.8 Å². The van der Waals surface area contributed by atoms with Crippen molar-refractivity contribution in [1.82, 2.24) is 5.32 Å². The van der Waals surface area contributed by atoms with E-state index >= 15 is 0 Å². The number of aliphatic hydroxyl groups excluding tert-OH is 1. The van der Waals surface area contributed by atoms with Crippen molar-refractivity contribution < 1.29 is 9.84 Å². The molecular formula is C11H22N2O2. The van der Waals surface area contributed by atoms with Crippen molar-refractivity contribution in [2.75, 3.05) is 32.9 Å². The van der Waals surface area contributed by atoms with E-state index in [-0.39, 0.29) is 12.0 Å². The Balaban J connectivity index is 3.16. The molecule has 0 aromatic heterocycles. The summed E-state index contributed by atoms with van der Waals surface area (Å²) in [7, 11) is 0. The third kappa shape index (κ3) is 9.67. The van der Waals surface area contributed by atoms with Gasteiger partial charge in [0.15, 0.2) is 0 Å². The molecule has 0 aliphatic heterocycles. The molecular weight excluding hydrogens is 192 g/mol. The van der Waals surface area contributed by atoms with E-state index in [1.807, 2.05) is 13.8 Å². The third-order valence-corrected chi connectivity index (χ3v) is 2.11. The number of aliphatic hydroxyl groups is 1. The minimum Gasteiger partial charge on any atom is -0.394 e. The highest BCUT2D eigenvalue weighted by molar-refractivity contribution is 4.91. The third-order valence-electron chi connectivity index (χ3n) is 2.11. The molecule has 0 bridgehead atoms. The van der Waals surface area contributed by atoms with E-state index in [9.17, 15) is 0 Å². The van der Waals surface area contributed by atoms with Crippen LogP contribution in [0.5, 0.6) is 0 Å². The van der Waals surface area contributed by atoms with Gasteiger partial charge in [-0.3, -0.25) is 0 Å². The normalized spacial score (nSPS) is 11.3. The maximum Gasteiger partial charge on any atom is 0.0697 e. The standard InChI is InChI=1S/C11H22N2O2/c1-11(2,10-12)4-6-13-5-3-8-15-9-7-14/h13-14H,3-9H2,1-2H3. The SMILES string of the molecule is CC(C)(C#N)CCNCCCOCCO. The summed E-state index contributed by atoms with van der Waals surface area (Å²) in [6, 6.07) is 2.27. The van der Waals surface area contributed by atoms with Gasteiger partial charge in [-0.25, -0.2) is 0 Å². The zero-order valence-electron chi connectivity index (χ0n) is 9.75. The van der Waals surface area contributed by atoms with E-state index in [2.05, 4.69) is 11.4 Å². The van der Waals surface area contributed by atoms with E-state index in [1.165, 1.54) is 0 Å². The molecule has 0 aromatic rings. The van der Waals surface area contributed by atoms with Gasteiger partial charge in [0.1, 0.15) is 0 Å². The van der Waals surface area contributed by atoms with Gasteiger partial charge in [0.05, 0.1) is 24.7 Å². The molecule has 4 heteroatoms. The summed E-state index contributed by atoms with van der Waals surface area (Å²) in [4.78, 5) is 0. The molecule has 0 aliphatic carbocycles. The van der Waals surface area contributed by atoms with E-state index in [0.717, 1.165) is 25.9 Å². The van der Waals surface area contributed by atoms with Crippen molar-refractivity contribution in [3.8, 4) is 6.07 Å². The van der Waals surface area contributed by atoms with Crippen LogP contribution in [0.15, 0.2) is 0 Å². The molecule has 0 aliphatic rings. The number of rotatable bonds is 9. The smallest absolute Gasteiger partial charge is 0.0697 e. The van der Waals surface area contributed by atoms with Gasteiger partial charge < -0.3 is 15.2 Å². The highest BCUT2D eigenvalue weighted by Gasteiger charge is 2.14. The van der Waals surface area contributed by atoms with E-state index in [0.29, 0.717) is 13.2 Å². The van der Waals surface area contributed by atoms with Gasteiger partial charge in [0.25, 0.3) is 0 Å². The van der Waals surface area contributed by atoms with Gasteiger partial charge >= 0.3 is 0 Å². The molecule has 0 unspecified atom stereocenters. The van der Waals surface area contributed by atoms with Crippen molar-refractivity contribution >= 4 is 0 Å². The van der Waals surface area contributed by atoms with E-state index in [1.54, 1.807) is 0 Å². The molecule has 0 spiro atoms. The summed E-state index contributed by atoms with van der Waals surface area (Å²) in [5.74, 6) is 0. The number of hydrogen-bond acceptors (Lipinski definition) is 4. The zero-order valence-corrected chi connectivity index (χ0v) is 9.75. The van der Waals surface area contributed by atoms with Crippen LogP contribution in [-0.4, -0.2) is 38.0 Å². The van der Waals surface area contributed by atoms with Gasteiger partial charge in [-0.2, -0.15) is 5.26 Å². The first-order valence-corrected chi connectivity index (χ1v) is 5.43. The molecule has 88 valence electrons. The van der Waals surface area contributed by atoms with Gasteiger partial charge in [-0.15, -0.1) is 0 Å². The summed E-state index contributed by atoms with van der Waals surface area (Å²) in [5.41, 5.74) is -0.236. The lowest BCUT2D eigenvalue weighted by Crippen LogP contribution is -2.23. The van der Waals surface area contributed by atoms with Crippen LogP contribution in [0.25, 0.3) is 0 Å². The molecule has 0 amide bonds. The first kappa shape index (κ1) is 14.4. The highest BCUT2D eigenvalue weighted by Crippen LogP contribution is 2.16. The average molecular weight is 214 g/mol. The van der Waals surface area contributed by atoms with Crippen LogP contribution in [0.1, 0.15) is 26.7 Å². The van der Waals surface area contributed by atoms with Gasteiger partial charge in [0.2, 0.25) is 0 Å². The van der Waals surface area contributed by atoms with Crippen LogP contribution in [0.2, 0.25) is 0 Å². The molecule has 0 aromatic carbocycles. The second-order valence-electron chi connectivity index (χ2n) is 4.19. The molecule has 0 atom stereocenters. The number of nitrogens with one attached hydrogen (secondary N) is 1. The average Bonchev–Trinajstić information content (AvgIpc) is 2.22. The summed E-state index contributed by atoms with van der Waals surface area (Å²) in [6.07, 6.45) is 1.80. The summed E-state index contributed by atoms with van der Waals surface area (Å²) < 4.78 is 5.11. The Hall–Kier alpha value is -0.630. The fraction of sp³-hybridized carbons (Fsp3) is 0.909. The molecule has 0 heterocycles. The van der Waals surface area contributed by atoms with Crippen LogP contribution < -0.4 is 5.32 Å². The van der Waals surface area contributed by atoms with E-state index < -0.39 is 0 Å². The Kier molecular flexibility index (Phi) is 8.30. The van der Waals surface area contributed by atoms with Crippen LogP contribution in [0.4, 0.5) is 0 Å². The molecule has 0 rings (SSSR count). The van der Waals surface area contributed by atoms with Crippen LogP contribution in [0.3, 0.4) is 0 Å². The number of ether oxygens (including phenoxy) is 1. The molecule has 0 saturated carbocycles. The van der Waals surface area contributed by atoms with Crippen molar-refractivity contribution in [3.05, 3.63) is 0 Å². The first-order chi connectivity index (χ1) is 7.12. The van der Waals surface area contributed by atoms with Crippen LogP contribution >= 0.6 is 0 Å².